The van der Waals surface area contributed by atoms with Crippen molar-refractivity contribution < 1.29 is 14.3 Å². The van der Waals surface area contributed by atoms with E-state index in [1.54, 1.807) is 6.92 Å². The Morgan fingerprint density at radius 3 is 2.55 bits per heavy atom. The molecule has 1 aromatic carbocycles. The van der Waals surface area contributed by atoms with E-state index in [1.807, 2.05) is 12.3 Å². The molecule has 2 N–H and O–H groups in total. The molecule has 3 aliphatic rings. The Bertz CT molecular complexity index is 1520. The maximum atomic E-state index is 12.7. The van der Waals surface area contributed by atoms with E-state index in [2.05, 4.69) is 56.7 Å². The van der Waals surface area contributed by atoms with E-state index in [4.69, 9.17) is 31.8 Å². The van der Waals surface area contributed by atoms with Gasteiger partial charge in [0.15, 0.2) is 0 Å². The van der Waals surface area contributed by atoms with Crippen LogP contribution in [0, 0.1) is 5.41 Å². The predicted octanol–water partition coefficient (Wildman–Crippen LogP) is 4.91. The molecule has 44 heavy (non-hydrogen) atoms. The standard InChI is InChI=1S/C33H42ClN7O3/c1-4-44-27(42)20-25-29(40-13-9-33(2,3)10-14-40)28(31(35)38-30(25)34)23-5-6-24-21-41(12-8-22(24)19-23)32-36-11-7-26(37-32)39-15-17-43-18-16-39/h5-7,11,19H,4,8-10,12-18,20-21H2,1-3H3,(H2,35,38). The molecule has 2 aromatic heterocycles. The Morgan fingerprint density at radius 2 is 1.80 bits per heavy atom. The largest absolute Gasteiger partial charge is 0.466 e. The summed E-state index contributed by atoms with van der Waals surface area (Å²) in [5.41, 5.74) is 12.8. The summed E-state index contributed by atoms with van der Waals surface area (Å²) < 4.78 is 10.8. The minimum atomic E-state index is -0.323. The number of hydrogen-bond acceptors (Lipinski definition) is 10. The Balaban J connectivity index is 1.32. The van der Waals surface area contributed by atoms with Crippen LogP contribution in [-0.4, -0.2) is 73.5 Å². The summed E-state index contributed by atoms with van der Waals surface area (Å²) in [5, 5.41) is 0.257. The molecule has 3 aromatic rings. The van der Waals surface area contributed by atoms with Gasteiger partial charge in [0.2, 0.25) is 5.95 Å². The van der Waals surface area contributed by atoms with Crippen LogP contribution in [0.15, 0.2) is 30.5 Å². The van der Waals surface area contributed by atoms with E-state index >= 15 is 0 Å². The molecule has 0 spiro atoms. The molecule has 0 saturated carbocycles. The highest BCUT2D eigenvalue weighted by Crippen LogP contribution is 2.44. The zero-order chi connectivity index (χ0) is 30.8. The summed E-state index contributed by atoms with van der Waals surface area (Å²) in [4.78, 5) is 33.6. The van der Waals surface area contributed by atoms with Gasteiger partial charge >= 0.3 is 5.97 Å². The molecule has 2 fully saturated rings. The molecule has 11 heteroatoms. The summed E-state index contributed by atoms with van der Waals surface area (Å²) >= 11 is 6.71. The second-order valence-corrected chi connectivity index (χ2v) is 13.0. The van der Waals surface area contributed by atoms with Gasteiger partial charge in [-0.25, -0.2) is 9.97 Å². The highest BCUT2D eigenvalue weighted by molar-refractivity contribution is 6.31. The fourth-order valence-electron chi connectivity index (χ4n) is 6.42. The van der Waals surface area contributed by atoms with Crippen LogP contribution < -0.4 is 20.4 Å². The van der Waals surface area contributed by atoms with Crippen LogP contribution in [0.25, 0.3) is 11.1 Å². The Morgan fingerprint density at radius 1 is 1.02 bits per heavy atom. The van der Waals surface area contributed by atoms with Gasteiger partial charge in [0.25, 0.3) is 0 Å². The van der Waals surface area contributed by atoms with Gasteiger partial charge in [-0.15, -0.1) is 0 Å². The van der Waals surface area contributed by atoms with Crippen molar-refractivity contribution in [3.05, 3.63) is 52.3 Å². The van der Waals surface area contributed by atoms with E-state index in [1.165, 1.54) is 11.1 Å². The zero-order valence-electron chi connectivity index (χ0n) is 25.9. The number of carbonyl (C=O) groups excluding carboxylic acids is 1. The van der Waals surface area contributed by atoms with E-state index in [-0.39, 0.29) is 23.0 Å². The first kappa shape index (κ1) is 30.4. The molecule has 5 heterocycles. The predicted molar refractivity (Wildman–Crippen MR) is 174 cm³/mol. The van der Waals surface area contributed by atoms with Crippen molar-refractivity contribution in [2.75, 3.05) is 73.0 Å². The second kappa shape index (κ2) is 12.8. The number of benzene rings is 1. The third-order valence-corrected chi connectivity index (χ3v) is 9.37. The summed E-state index contributed by atoms with van der Waals surface area (Å²) in [5.74, 6) is 1.73. The minimum absolute atomic E-state index is 0.0472. The van der Waals surface area contributed by atoms with Crippen LogP contribution in [0.1, 0.15) is 50.3 Å². The molecule has 234 valence electrons. The second-order valence-electron chi connectivity index (χ2n) is 12.6. The molecule has 10 nitrogen and oxygen atoms in total. The average Bonchev–Trinajstić information content (AvgIpc) is 3.02. The number of nitrogen functional groups attached to an aromatic ring is 1. The molecule has 0 atom stereocenters. The molecule has 6 rings (SSSR count). The van der Waals surface area contributed by atoms with Crippen molar-refractivity contribution >= 4 is 40.8 Å². The number of nitrogens with two attached hydrogens (primary N) is 1. The normalized spacial score (nSPS) is 18.2. The molecule has 0 aliphatic carbocycles. The summed E-state index contributed by atoms with van der Waals surface area (Å²) in [6, 6.07) is 8.48. The number of halogens is 1. The van der Waals surface area contributed by atoms with Gasteiger partial charge in [-0.1, -0.05) is 43.6 Å². The lowest BCUT2D eigenvalue weighted by atomic mass is 9.82. The van der Waals surface area contributed by atoms with E-state index < -0.39 is 0 Å². The number of morpholine rings is 1. The summed E-state index contributed by atoms with van der Waals surface area (Å²) in [6.07, 6.45) is 4.79. The van der Waals surface area contributed by atoms with Gasteiger partial charge in [-0.2, -0.15) is 4.98 Å². The van der Waals surface area contributed by atoms with Gasteiger partial charge in [0.05, 0.1) is 31.9 Å². The molecular formula is C33H42ClN7O3. The lowest BCUT2D eigenvalue weighted by molar-refractivity contribution is -0.142. The van der Waals surface area contributed by atoms with E-state index in [0.29, 0.717) is 31.2 Å². The highest BCUT2D eigenvalue weighted by Gasteiger charge is 2.31. The molecule has 0 amide bonds. The average molecular weight is 620 g/mol. The van der Waals surface area contributed by atoms with Crippen LogP contribution >= 0.6 is 11.6 Å². The first-order valence-corrected chi connectivity index (χ1v) is 16.0. The Hall–Kier alpha value is -3.63. The van der Waals surface area contributed by atoms with Crippen molar-refractivity contribution in [2.24, 2.45) is 5.41 Å². The lowest BCUT2D eigenvalue weighted by Crippen LogP contribution is -2.38. The lowest BCUT2D eigenvalue weighted by Gasteiger charge is -2.40. The molecule has 0 radical (unpaired) electrons. The first-order chi connectivity index (χ1) is 21.2. The number of nitrogens with zero attached hydrogens (tertiary/aromatic N) is 6. The Kier molecular flexibility index (Phi) is 8.82. The van der Waals surface area contributed by atoms with Gasteiger partial charge in [0, 0.05) is 56.6 Å². The number of carbonyl (C=O) groups is 1. The van der Waals surface area contributed by atoms with Crippen molar-refractivity contribution in [1.29, 1.82) is 0 Å². The van der Waals surface area contributed by atoms with Crippen LogP contribution in [0.4, 0.5) is 23.3 Å². The maximum Gasteiger partial charge on any atom is 0.310 e. The molecular weight excluding hydrogens is 578 g/mol. The van der Waals surface area contributed by atoms with Crippen LogP contribution in [0.2, 0.25) is 5.15 Å². The number of fused-ring (bicyclic) bond motifs is 1. The number of pyridine rings is 1. The van der Waals surface area contributed by atoms with Crippen LogP contribution in [-0.2, 0) is 33.7 Å². The maximum absolute atomic E-state index is 12.7. The van der Waals surface area contributed by atoms with E-state index in [9.17, 15) is 4.79 Å². The van der Waals surface area contributed by atoms with Crippen molar-refractivity contribution in [3.63, 3.8) is 0 Å². The smallest absolute Gasteiger partial charge is 0.310 e. The zero-order valence-corrected chi connectivity index (χ0v) is 26.7. The highest BCUT2D eigenvalue weighted by atomic mass is 35.5. The van der Waals surface area contributed by atoms with Crippen molar-refractivity contribution in [1.82, 2.24) is 15.0 Å². The van der Waals surface area contributed by atoms with Gasteiger partial charge in [-0.05, 0) is 54.4 Å². The van der Waals surface area contributed by atoms with Gasteiger partial charge in [0.1, 0.15) is 16.8 Å². The SMILES string of the molecule is CCOC(=O)Cc1c(Cl)nc(N)c(-c2ccc3c(c2)CCN(c2nccc(N4CCOCC4)n2)C3)c1N1CCC(C)(C)CC1. The number of rotatable bonds is 7. The monoisotopic (exact) mass is 619 g/mol. The number of piperidine rings is 1. The fraction of sp³-hybridized carbons (Fsp3) is 0.515. The van der Waals surface area contributed by atoms with E-state index in [0.717, 1.165) is 87.1 Å². The first-order valence-electron chi connectivity index (χ1n) is 15.6. The third kappa shape index (κ3) is 6.42. The van der Waals surface area contributed by atoms with Crippen molar-refractivity contribution in [2.45, 2.75) is 53.0 Å². The summed E-state index contributed by atoms with van der Waals surface area (Å²) in [6.45, 7) is 13.0. The summed E-state index contributed by atoms with van der Waals surface area (Å²) in [7, 11) is 0. The number of aromatic nitrogens is 3. The fourth-order valence-corrected chi connectivity index (χ4v) is 6.67. The Labute approximate surface area is 264 Å². The topological polar surface area (TPSA) is 110 Å². The molecule has 0 bridgehead atoms. The van der Waals surface area contributed by atoms with Crippen molar-refractivity contribution in [3.8, 4) is 11.1 Å². The van der Waals surface area contributed by atoms with Gasteiger partial charge < -0.3 is 29.9 Å². The number of ether oxygens (including phenoxy) is 2. The molecule has 2 saturated heterocycles. The number of anilines is 4. The quantitative estimate of drug-likeness (QED) is 0.289. The number of hydrogen-bond donors (Lipinski definition) is 1. The molecule has 0 unspecified atom stereocenters. The molecule has 3 aliphatic heterocycles. The number of esters is 1. The van der Waals surface area contributed by atoms with Crippen LogP contribution in [0.5, 0.6) is 0 Å². The van der Waals surface area contributed by atoms with Crippen LogP contribution in [0.3, 0.4) is 0 Å². The third-order valence-electron chi connectivity index (χ3n) is 9.06. The van der Waals surface area contributed by atoms with Gasteiger partial charge in [-0.3, -0.25) is 4.79 Å². The minimum Gasteiger partial charge on any atom is -0.466 e.